The van der Waals surface area contributed by atoms with Gasteiger partial charge in [-0.1, -0.05) is 6.07 Å². The fraction of sp³-hybridized carbons (Fsp3) is 0.478. The smallest absolute Gasteiger partial charge is 0.322 e. The molecule has 5 rings (SSSR count). The molecule has 3 heterocycles. The van der Waals surface area contributed by atoms with Crippen LogP contribution in [0.25, 0.3) is 0 Å². The molecule has 1 N–H and O–H groups in total. The van der Waals surface area contributed by atoms with Crippen LogP contribution in [0.5, 0.6) is 11.8 Å². The van der Waals surface area contributed by atoms with Crippen molar-refractivity contribution in [1.82, 2.24) is 24.7 Å². The van der Waals surface area contributed by atoms with Gasteiger partial charge in [-0.05, 0) is 57.6 Å². The lowest BCUT2D eigenvalue weighted by molar-refractivity contribution is 0.352. The molecule has 0 spiro atoms. The van der Waals surface area contributed by atoms with Gasteiger partial charge in [0.25, 0.3) is 0 Å². The van der Waals surface area contributed by atoms with Gasteiger partial charge in [-0.3, -0.25) is 0 Å². The van der Waals surface area contributed by atoms with E-state index in [0.717, 1.165) is 43.5 Å². The quantitative estimate of drug-likeness (QED) is 0.592. The summed E-state index contributed by atoms with van der Waals surface area (Å²) in [4.78, 5) is 15.5. The molecular formula is C23H27F2N7O. The first-order valence-electron chi connectivity index (χ1n) is 11.3. The normalized spacial score (nSPS) is 22.1. The molecule has 0 amide bonds. The molecule has 1 saturated carbocycles. The maximum atomic E-state index is 14.1. The molecule has 1 aromatic carbocycles. The van der Waals surface area contributed by atoms with Gasteiger partial charge in [0.2, 0.25) is 11.8 Å². The zero-order valence-corrected chi connectivity index (χ0v) is 18.9. The maximum Gasteiger partial charge on any atom is 0.322 e. The third-order valence-corrected chi connectivity index (χ3v) is 6.45. The molecule has 8 nitrogen and oxygen atoms in total. The number of hydrogen-bond acceptors (Lipinski definition) is 7. The summed E-state index contributed by atoms with van der Waals surface area (Å²) in [7, 11) is 0. The van der Waals surface area contributed by atoms with E-state index in [1.165, 1.54) is 12.1 Å². The predicted octanol–water partition coefficient (Wildman–Crippen LogP) is 4.35. The number of hydrogen-bond donors (Lipinski definition) is 1. The fourth-order valence-corrected chi connectivity index (χ4v) is 4.85. The average Bonchev–Trinajstić information content (AvgIpc) is 3.27. The third-order valence-electron chi connectivity index (χ3n) is 6.45. The molecule has 3 aromatic rings. The molecule has 1 aliphatic carbocycles. The number of nitrogens with one attached hydrogen (secondary N) is 1. The Labute approximate surface area is 191 Å². The number of aromatic nitrogens is 5. The summed E-state index contributed by atoms with van der Waals surface area (Å²) in [5.74, 6) is 0.0189. The zero-order chi connectivity index (χ0) is 23.1. The van der Waals surface area contributed by atoms with Crippen molar-refractivity contribution in [3.63, 3.8) is 0 Å². The number of aryl methyl sites for hydroxylation is 1. The molecule has 2 unspecified atom stereocenters. The molecular weight excluding hydrogens is 428 g/mol. The molecule has 2 bridgehead atoms. The van der Waals surface area contributed by atoms with Crippen LogP contribution in [0, 0.1) is 30.4 Å². The Morgan fingerprint density at radius 2 is 1.88 bits per heavy atom. The minimum atomic E-state index is -1.05. The fourth-order valence-electron chi connectivity index (χ4n) is 4.85. The number of rotatable bonds is 6. The Morgan fingerprint density at radius 1 is 1.12 bits per heavy atom. The standard InChI is InChI=1S/C23H27F2N7O/c1-13(2)32-23(33-18-6-4-5-17(24)20(18)25)29-22(30-32)28-21-15-7-8-16(21)11-31(10-15)19-9-14(3)26-12-27-19/h4-6,9,12-13,15-16,21H,7-8,10-11H2,1-3H3,(H,28,30). The van der Waals surface area contributed by atoms with Crippen LogP contribution >= 0.6 is 0 Å². The van der Waals surface area contributed by atoms with E-state index in [9.17, 15) is 8.78 Å². The summed E-state index contributed by atoms with van der Waals surface area (Å²) >= 11 is 0. The van der Waals surface area contributed by atoms with Gasteiger partial charge in [-0.25, -0.2) is 19.0 Å². The molecule has 33 heavy (non-hydrogen) atoms. The van der Waals surface area contributed by atoms with E-state index < -0.39 is 11.6 Å². The number of piperidine rings is 1. The molecule has 2 aromatic heterocycles. The lowest BCUT2D eigenvalue weighted by atomic mass is 9.92. The molecule has 2 aliphatic rings. The molecule has 0 radical (unpaired) electrons. The van der Waals surface area contributed by atoms with Crippen molar-refractivity contribution >= 4 is 11.8 Å². The number of halogens is 2. The Bertz CT molecular complexity index is 1140. The van der Waals surface area contributed by atoms with Crippen LogP contribution in [-0.2, 0) is 0 Å². The van der Waals surface area contributed by atoms with Crippen molar-refractivity contribution in [2.24, 2.45) is 11.8 Å². The highest BCUT2D eigenvalue weighted by molar-refractivity contribution is 5.42. The van der Waals surface area contributed by atoms with E-state index in [-0.39, 0.29) is 23.8 Å². The maximum absolute atomic E-state index is 14.1. The first-order valence-corrected chi connectivity index (χ1v) is 11.3. The number of anilines is 2. The van der Waals surface area contributed by atoms with Crippen LogP contribution in [0.4, 0.5) is 20.5 Å². The lowest BCUT2D eigenvalue weighted by Gasteiger charge is -2.38. The second-order valence-electron chi connectivity index (χ2n) is 9.10. The summed E-state index contributed by atoms with van der Waals surface area (Å²) in [6.45, 7) is 7.62. The van der Waals surface area contributed by atoms with Gasteiger partial charge in [0, 0.05) is 30.9 Å². The van der Waals surface area contributed by atoms with Crippen molar-refractivity contribution < 1.29 is 13.5 Å². The third kappa shape index (κ3) is 4.21. The Balaban J connectivity index is 1.34. The van der Waals surface area contributed by atoms with Crippen LogP contribution in [-0.4, -0.2) is 43.9 Å². The molecule has 1 saturated heterocycles. The van der Waals surface area contributed by atoms with E-state index in [2.05, 4.69) is 30.3 Å². The van der Waals surface area contributed by atoms with Gasteiger partial charge in [0.05, 0.1) is 6.04 Å². The van der Waals surface area contributed by atoms with Gasteiger partial charge in [0.1, 0.15) is 12.1 Å². The number of fused-ring (bicyclic) bond motifs is 2. The van der Waals surface area contributed by atoms with E-state index >= 15 is 0 Å². The Hall–Kier alpha value is -3.30. The molecule has 2 fully saturated rings. The summed E-state index contributed by atoms with van der Waals surface area (Å²) in [5.41, 5.74) is 0.957. The summed E-state index contributed by atoms with van der Waals surface area (Å²) in [6.07, 6.45) is 3.85. The summed E-state index contributed by atoms with van der Waals surface area (Å²) in [6, 6.07) is 6.12. The Kier molecular flexibility index (Phi) is 5.59. The van der Waals surface area contributed by atoms with Gasteiger partial charge < -0.3 is 15.0 Å². The first kappa shape index (κ1) is 21.5. The van der Waals surface area contributed by atoms with Gasteiger partial charge in [0.15, 0.2) is 11.6 Å². The summed E-state index contributed by atoms with van der Waals surface area (Å²) in [5, 5.41) is 8.06. The number of nitrogens with zero attached hydrogens (tertiary/aromatic N) is 6. The monoisotopic (exact) mass is 455 g/mol. The second kappa shape index (κ2) is 8.57. The molecule has 1 aliphatic heterocycles. The van der Waals surface area contributed by atoms with E-state index in [4.69, 9.17) is 4.74 Å². The van der Waals surface area contributed by atoms with Crippen LogP contribution in [0.15, 0.2) is 30.6 Å². The SMILES string of the molecule is Cc1cc(N2CC3CCC(C2)C3Nc2nc(Oc3cccc(F)c3F)n(C(C)C)n2)ncn1. The number of ether oxygens (including phenoxy) is 1. The minimum Gasteiger partial charge on any atom is -0.421 e. The minimum absolute atomic E-state index is 0.0701. The lowest BCUT2D eigenvalue weighted by Crippen LogP contribution is -2.48. The number of benzene rings is 1. The molecule has 2 atom stereocenters. The highest BCUT2D eigenvalue weighted by Crippen LogP contribution is 2.40. The van der Waals surface area contributed by atoms with E-state index in [1.54, 1.807) is 11.0 Å². The van der Waals surface area contributed by atoms with Crippen molar-refractivity contribution in [1.29, 1.82) is 0 Å². The molecule has 174 valence electrons. The first-order chi connectivity index (χ1) is 15.9. The van der Waals surface area contributed by atoms with Crippen LogP contribution in [0.1, 0.15) is 38.4 Å². The van der Waals surface area contributed by atoms with Crippen LogP contribution < -0.4 is 15.0 Å². The largest absolute Gasteiger partial charge is 0.421 e. The Morgan fingerprint density at radius 3 is 2.58 bits per heavy atom. The van der Waals surface area contributed by atoms with Crippen LogP contribution in [0.3, 0.4) is 0 Å². The molecule has 10 heteroatoms. The van der Waals surface area contributed by atoms with Crippen molar-refractivity contribution in [3.05, 3.63) is 47.9 Å². The van der Waals surface area contributed by atoms with Gasteiger partial charge in [-0.2, -0.15) is 9.37 Å². The second-order valence-corrected chi connectivity index (χ2v) is 9.10. The predicted molar refractivity (Wildman–Crippen MR) is 119 cm³/mol. The van der Waals surface area contributed by atoms with Gasteiger partial charge >= 0.3 is 6.01 Å². The zero-order valence-electron chi connectivity index (χ0n) is 18.9. The topological polar surface area (TPSA) is 81.0 Å². The van der Waals surface area contributed by atoms with Crippen LogP contribution in [0.2, 0.25) is 0 Å². The average molecular weight is 456 g/mol. The highest BCUT2D eigenvalue weighted by atomic mass is 19.2. The van der Waals surface area contributed by atoms with Gasteiger partial charge in [-0.15, -0.1) is 5.10 Å². The van der Waals surface area contributed by atoms with Crippen molar-refractivity contribution in [2.75, 3.05) is 23.3 Å². The van der Waals surface area contributed by atoms with E-state index in [0.29, 0.717) is 17.8 Å². The highest BCUT2D eigenvalue weighted by Gasteiger charge is 2.43. The van der Waals surface area contributed by atoms with Crippen molar-refractivity contribution in [2.45, 2.75) is 45.7 Å². The van der Waals surface area contributed by atoms with Crippen molar-refractivity contribution in [3.8, 4) is 11.8 Å². The van der Waals surface area contributed by atoms with E-state index in [1.807, 2.05) is 26.8 Å². The summed E-state index contributed by atoms with van der Waals surface area (Å²) < 4.78 is 34.9.